The molecule has 8 heteroatoms. The number of likely N-dealkylation sites (N-methyl/N-ethyl adjacent to an activating group) is 1. The summed E-state index contributed by atoms with van der Waals surface area (Å²) in [6.07, 6.45) is 1.93. The van der Waals surface area contributed by atoms with Crippen LogP contribution in [0.2, 0.25) is 5.02 Å². The Hall–Kier alpha value is -2.09. The first-order valence-corrected chi connectivity index (χ1v) is 9.81. The van der Waals surface area contributed by atoms with Crippen LogP contribution in [0.25, 0.3) is 0 Å². The Labute approximate surface area is 167 Å². The van der Waals surface area contributed by atoms with Crippen molar-refractivity contribution in [2.75, 3.05) is 30.5 Å². The summed E-state index contributed by atoms with van der Waals surface area (Å²) >= 11 is 7.47. The Kier molecular flexibility index (Phi) is 7.65. The van der Waals surface area contributed by atoms with Gasteiger partial charge < -0.3 is 10.6 Å². The van der Waals surface area contributed by atoms with E-state index in [1.807, 2.05) is 30.5 Å². The van der Waals surface area contributed by atoms with Crippen LogP contribution < -0.4 is 10.6 Å². The number of carbonyl (C=O) groups is 2. The molecule has 0 fully saturated rings. The first kappa shape index (κ1) is 21.2. The van der Waals surface area contributed by atoms with E-state index in [0.717, 1.165) is 16.6 Å². The first-order valence-electron chi connectivity index (χ1n) is 8.21. The number of hydrogen-bond acceptors (Lipinski definition) is 4. The summed E-state index contributed by atoms with van der Waals surface area (Å²) in [4.78, 5) is 27.3. The van der Waals surface area contributed by atoms with Gasteiger partial charge >= 0.3 is 0 Å². The van der Waals surface area contributed by atoms with Gasteiger partial charge in [-0.1, -0.05) is 23.7 Å². The van der Waals surface area contributed by atoms with Crippen molar-refractivity contribution in [3.8, 4) is 0 Å². The molecule has 0 spiro atoms. The SMILES string of the molecule is CSc1ccccc1NC(=O)CN(C)[C@H](C)C(=O)Nc1ccc(F)cc1Cl. The van der Waals surface area contributed by atoms with Gasteiger partial charge in [0.25, 0.3) is 0 Å². The molecule has 0 aromatic heterocycles. The highest BCUT2D eigenvalue weighted by Gasteiger charge is 2.21. The number of anilines is 2. The summed E-state index contributed by atoms with van der Waals surface area (Å²) in [5.74, 6) is -1.05. The molecule has 0 radical (unpaired) electrons. The van der Waals surface area contributed by atoms with Gasteiger partial charge in [0.2, 0.25) is 11.8 Å². The lowest BCUT2D eigenvalue weighted by Gasteiger charge is -2.23. The van der Waals surface area contributed by atoms with E-state index >= 15 is 0 Å². The molecular formula is C19H21ClFN3O2S. The van der Waals surface area contributed by atoms with Gasteiger partial charge in [0.15, 0.2) is 0 Å². The lowest BCUT2D eigenvalue weighted by atomic mass is 10.2. The number of carbonyl (C=O) groups excluding carboxylic acids is 2. The molecular weight excluding hydrogens is 389 g/mol. The van der Waals surface area contributed by atoms with Crippen LogP contribution in [0.3, 0.4) is 0 Å². The van der Waals surface area contributed by atoms with Crippen molar-refractivity contribution in [3.63, 3.8) is 0 Å². The second-order valence-electron chi connectivity index (χ2n) is 5.95. The number of nitrogens with zero attached hydrogens (tertiary/aromatic N) is 1. The van der Waals surface area contributed by atoms with E-state index in [1.165, 1.54) is 23.9 Å². The third kappa shape index (κ3) is 5.95. The molecule has 0 heterocycles. The first-order chi connectivity index (χ1) is 12.8. The maximum atomic E-state index is 13.1. The summed E-state index contributed by atoms with van der Waals surface area (Å²) in [6, 6.07) is 10.7. The minimum atomic E-state index is -0.590. The molecule has 2 aromatic carbocycles. The zero-order valence-electron chi connectivity index (χ0n) is 15.3. The van der Waals surface area contributed by atoms with E-state index in [1.54, 1.807) is 18.9 Å². The number of para-hydroxylation sites is 1. The van der Waals surface area contributed by atoms with Crippen LogP contribution in [-0.2, 0) is 9.59 Å². The predicted molar refractivity (Wildman–Crippen MR) is 109 cm³/mol. The van der Waals surface area contributed by atoms with Crippen LogP contribution in [0.1, 0.15) is 6.92 Å². The van der Waals surface area contributed by atoms with Gasteiger partial charge in [0, 0.05) is 4.90 Å². The van der Waals surface area contributed by atoms with Crippen LogP contribution in [0, 0.1) is 5.82 Å². The summed E-state index contributed by atoms with van der Waals surface area (Å²) in [6.45, 7) is 1.71. The topological polar surface area (TPSA) is 61.4 Å². The summed E-state index contributed by atoms with van der Waals surface area (Å²) in [7, 11) is 1.68. The molecule has 0 unspecified atom stereocenters. The average molecular weight is 410 g/mol. The molecule has 2 rings (SSSR count). The van der Waals surface area contributed by atoms with E-state index in [2.05, 4.69) is 10.6 Å². The monoisotopic (exact) mass is 409 g/mol. The Balaban J connectivity index is 1.94. The smallest absolute Gasteiger partial charge is 0.241 e. The number of benzene rings is 2. The van der Waals surface area contributed by atoms with E-state index in [4.69, 9.17) is 11.6 Å². The van der Waals surface area contributed by atoms with Gasteiger partial charge in [-0.05, 0) is 50.6 Å². The van der Waals surface area contributed by atoms with Crippen molar-refractivity contribution in [3.05, 3.63) is 53.3 Å². The molecule has 0 saturated heterocycles. The van der Waals surface area contributed by atoms with E-state index < -0.39 is 11.9 Å². The molecule has 0 aliphatic rings. The molecule has 5 nitrogen and oxygen atoms in total. The standard InChI is InChI=1S/C19H21ClFN3O2S/c1-12(19(26)23-15-9-8-13(21)10-14(15)20)24(2)11-18(25)22-16-6-4-5-7-17(16)27-3/h4-10,12H,11H2,1-3H3,(H,22,25)(H,23,26)/t12-/m1/s1. The molecule has 0 aliphatic heterocycles. The Morgan fingerprint density at radius 2 is 1.89 bits per heavy atom. The van der Waals surface area contributed by atoms with Crippen molar-refractivity contribution < 1.29 is 14.0 Å². The van der Waals surface area contributed by atoms with Crippen LogP contribution in [0.4, 0.5) is 15.8 Å². The molecule has 144 valence electrons. The molecule has 0 bridgehead atoms. The molecule has 0 aliphatic carbocycles. The second kappa shape index (κ2) is 9.73. The summed E-state index contributed by atoms with van der Waals surface area (Å²) in [5, 5.41) is 5.62. The van der Waals surface area contributed by atoms with Gasteiger partial charge in [-0.3, -0.25) is 14.5 Å². The minimum Gasteiger partial charge on any atom is -0.324 e. The van der Waals surface area contributed by atoms with Crippen molar-refractivity contribution in [2.24, 2.45) is 0 Å². The largest absolute Gasteiger partial charge is 0.324 e. The zero-order chi connectivity index (χ0) is 20.0. The van der Waals surface area contributed by atoms with Crippen molar-refractivity contribution in [2.45, 2.75) is 17.9 Å². The molecule has 2 aromatic rings. The number of amides is 2. The van der Waals surface area contributed by atoms with E-state index in [9.17, 15) is 14.0 Å². The highest BCUT2D eigenvalue weighted by Crippen LogP contribution is 2.25. The normalized spacial score (nSPS) is 11.9. The molecule has 2 N–H and O–H groups in total. The van der Waals surface area contributed by atoms with Crippen molar-refractivity contribution in [1.82, 2.24) is 4.90 Å². The van der Waals surface area contributed by atoms with E-state index in [-0.39, 0.29) is 23.4 Å². The van der Waals surface area contributed by atoms with Crippen molar-refractivity contribution >= 4 is 46.6 Å². The fourth-order valence-electron chi connectivity index (χ4n) is 2.33. The Bertz CT molecular complexity index is 834. The fraction of sp³-hybridized carbons (Fsp3) is 0.263. The van der Waals surface area contributed by atoms with Crippen molar-refractivity contribution in [1.29, 1.82) is 0 Å². The molecule has 0 saturated carbocycles. The van der Waals surface area contributed by atoms with Gasteiger partial charge in [-0.15, -0.1) is 11.8 Å². The molecule has 1 atom stereocenters. The van der Waals surface area contributed by atoms with E-state index in [0.29, 0.717) is 5.69 Å². The van der Waals surface area contributed by atoms with Gasteiger partial charge in [-0.25, -0.2) is 4.39 Å². The molecule has 2 amide bonds. The predicted octanol–water partition coefficient (Wildman–Crippen LogP) is 4.10. The number of hydrogen-bond donors (Lipinski definition) is 2. The Morgan fingerprint density at radius 3 is 2.56 bits per heavy atom. The quantitative estimate of drug-likeness (QED) is 0.676. The number of rotatable bonds is 7. The minimum absolute atomic E-state index is 0.0362. The lowest BCUT2D eigenvalue weighted by Crippen LogP contribution is -2.43. The van der Waals surface area contributed by atoms with Crippen LogP contribution in [0.15, 0.2) is 47.4 Å². The molecule has 27 heavy (non-hydrogen) atoms. The highest BCUT2D eigenvalue weighted by atomic mass is 35.5. The highest BCUT2D eigenvalue weighted by molar-refractivity contribution is 7.98. The lowest BCUT2D eigenvalue weighted by molar-refractivity contribution is -0.122. The summed E-state index contributed by atoms with van der Waals surface area (Å²) in [5.41, 5.74) is 1.06. The number of nitrogens with one attached hydrogen (secondary N) is 2. The van der Waals surface area contributed by atoms with Crippen LogP contribution in [0.5, 0.6) is 0 Å². The Morgan fingerprint density at radius 1 is 1.19 bits per heavy atom. The maximum Gasteiger partial charge on any atom is 0.241 e. The number of thioether (sulfide) groups is 1. The third-order valence-electron chi connectivity index (χ3n) is 4.00. The van der Waals surface area contributed by atoms with Crippen LogP contribution in [-0.4, -0.2) is 42.6 Å². The van der Waals surface area contributed by atoms with Gasteiger partial charge in [-0.2, -0.15) is 0 Å². The fourth-order valence-corrected chi connectivity index (χ4v) is 3.10. The zero-order valence-corrected chi connectivity index (χ0v) is 16.8. The summed E-state index contributed by atoms with van der Waals surface area (Å²) < 4.78 is 13.1. The third-order valence-corrected chi connectivity index (χ3v) is 5.11. The average Bonchev–Trinajstić information content (AvgIpc) is 2.63. The van der Waals surface area contributed by atoms with Crippen LogP contribution >= 0.6 is 23.4 Å². The second-order valence-corrected chi connectivity index (χ2v) is 7.21. The van der Waals surface area contributed by atoms with Gasteiger partial charge in [0.1, 0.15) is 5.82 Å². The van der Waals surface area contributed by atoms with Gasteiger partial charge in [0.05, 0.1) is 29.0 Å². The number of halogens is 2. The maximum absolute atomic E-state index is 13.1.